The van der Waals surface area contributed by atoms with Crippen molar-refractivity contribution < 1.29 is 19.0 Å². The molecule has 0 aromatic rings. The number of rotatable bonds is 14. The van der Waals surface area contributed by atoms with Crippen molar-refractivity contribution in [1.82, 2.24) is 0 Å². The van der Waals surface area contributed by atoms with Crippen LogP contribution in [0.1, 0.15) is 85.5 Å². The van der Waals surface area contributed by atoms with Crippen molar-refractivity contribution in [2.45, 2.75) is 97.9 Å². The Morgan fingerprint density at radius 1 is 0.964 bits per heavy atom. The molecule has 1 fully saturated rings. The molecule has 0 amide bonds. The molecule has 1 unspecified atom stereocenters. The molecular weight excluding hydrogens is 352 g/mol. The number of allylic oxidation sites excluding steroid dienone is 3. The lowest BCUT2D eigenvalue weighted by molar-refractivity contribution is -0.162. The Balaban J connectivity index is 1.97. The Labute approximate surface area is 172 Å². The second kappa shape index (κ2) is 15.8. The van der Waals surface area contributed by atoms with E-state index in [1.807, 2.05) is 6.08 Å². The molecule has 28 heavy (non-hydrogen) atoms. The normalized spacial score (nSPS) is 18.2. The van der Waals surface area contributed by atoms with Gasteiger partial charge < -0.3 is 14.2 Å². The summed E-state index contributed by atoms with van der Waals surface area (Å²) in [5, 5.41) is 0. The molecule has 0 aromatic heterocycles. The summed E-state index contributed by atoms with van der Waals surface area (Å²) in [5.74, 6) is 0.456. The highest BCUT2D eigenvalue weighted by atomic mass is 16.7. The molecule has 1 atom stereocenters. The summed E-state index contributed by atoms with van der Waals surface area (Å²) in [6, 6.07) is 0. The zero-order chi connectivity index (χ0) is 20.6. The molecule has 0 spiro atoms. The van der Waals surface area contributed by atoms with Crippen LogP contribution in [0.3, 0.4) is 0 Å². The number of carbonyl (C=O) groups is 1. The van der Waals surface area contributed by atoms with E-state index in [0.717, 1.165) is 45.3 Å². The van der Waals surface area contributed by atoms with Crippen molar-refractivity contribution in [2.24, 2.45) is 11.8 Å². The molecule has 0 N–H and O–H groups in total. The van der Waals surface area contributed by atoms with Crippen molar-refractivity contribution in [3.05, 3.63) is 24.3 Å². The summed E-state index contributed by atoms with van der Waals surface area (Å²) in [4.78, 5) is 11.9. The summed E-state index contributed by atoms with van der Waals surface area (Å²) in [6.45, 7) is 10.0. The van der Waals surface area contributed by atoms with E-state index in [4.69, 9.17) is 14.2 Å². The number of hydrogen-bond acceptors (Lipinski definition) is 4. The zero-order valence-corrected chi connectivity index (χ0v) is 18.5. The van der Waals surface area contributed by atoms with Gasteiger partial charge in [0.2, 0.25) is 0 Å². The molecule has 0 bridgehead atoms. The van der Waals surface area contributed by atoms with Crippen LogP contribution in [0.5, 0.6) is 0 Å². The number of esters is 1. The fourth-order valence-corrected chi connectivity index (χ4v) is 3.42. The molecule has 0 radical (unpaired) electrons. The van der Waals surface area contributed by atoms with Crippen molar-refractivity contribution in [3.63, 3.8) is 0 Å². The molecule has 4 nitrogen and oxygen atoms in total. The van der Waals surface area contributed by atoms with E-state index >= 15 is 0 Å². The van der Waals surface area contributed by atoms with Crippen LogP contribution in [0, 0.1) is 11.8 Å². The van der Waals surface area contributed by atoms with Crippen LogP contribution < -0.4 is 0 Å². The maximum absolute atomic E-state index is 11.9. The van der Waals surface area contributed by atoms with Crippen LogP contribution in [-0.2, 0) is 19.0 Å². The Hall–Kier alpha value is -1.13. The highest BCUT2D eigenvalue weighted by Gasteiger charge is 2.20. The van der Waals surface area contributed by atoms with E-state index in [2.05, 4.69) is 39.8 Å². The fourth-order valence-electron chi connectivity index (χ4n) is 3.42. The zero-order valence-electron chi connectivity index (χ0n) is 18.5. The molecular formula is C24H42O4. The average molecular weight is 395 g/mol. The van der Waals surface area contributed by atoms with Crippen LogP contribution in [-0.4, -0.2) is 31.6 Å². The Morgan fingerprint density at radius 3 is 2.36 bits per heavy atom. The Kier molecular flexibility index (Phi) is 14.0. The van der Waals surface area contributed by atoms with E-state index in [1.165, 1.54) is 25.7 Å². The minimum Gasteiger partial charge on any atom is -0.459 e. The van der Waals surface area contributed by atoms with Gasteiger partial charge in [0.15, 0.2) is 6.29 Å². The molecule has 1 aliphatic rings. The van der Waals surface area contributed by atoms with Gasteiger partial charge in [-0.25, -0.2) is 4.79 Å². The van der Waals surface area contributed by atoms with E-state index in [-0.39, 0.29) is 18.4 Å². The van der Waals surface area contributed by atoms with Crippen molar-refractivity contribution in [2.75, 3.05) is 13.2 Å². The fraction of sp³-hybridized carbons (Fsp3) is 0.792. The highest BCUT2D eigenvalue weighted by molar-refractivity contribution is 5.82. The van der Waals surface area contributed by atoms with Gasteiger partial charge in [-0.15, -0.1) is 0 Å². The third kappa shape index (κ3) is 12.4. The second-order valence-electron chi connectivity index (χ2n) is 8.36. The Bertz CT molecular complexity index is 440. The minimum absolute atomic E-state index is 0.0161. The third-order valence-corrected chi connectivity index (χ3v) is 4.94. The maximum atomic E-state index is 11.9. The predicted molar refractivity (Wildman–Crippen MR) is 115 cm³/mol. The summed E-state index contributed by atoms with van der Waals surface area (Å²) in [7, 11) is 0. The van der Waals surface area contributed by atoms with Crippen LogP contribution in [0.25, 0.3) is 0 Å². The van der Waals surface area contributed by atoms with E-state index < -0.39 is 0 Å². The molecule has 0 aliphatic carbocycles. The largest absolute Gasteiger partial charge is 0.459 e. The number of hydrogen-bond donors (Lipinski definition) is 0. The van der Waals surface area contributed by atoms with E-state index in [1.54, 1.807) is 6.08 Å². The van der Waals surface area contributed by atoms with Gasteiger partial charge >= 0.3 is 5.97 Å². The molecule has 0 saturated carbocycles. The smallest absolute Gasteiger partial charge is 0.330 e. The van der Waals surface area contributed by atoms with Gasteiger partial charge in [-0.1, -0.05) is 52.3 Å². The molecule has 0 aromatic carbocycles. The van der Waals surface area contributed by atoms with Gasteiger partial charge in [0.05, 0.1) is 0 Å². The molecule has 4 heteroatoms. The first-order chi connectivity index (χ1) is 13.5. The first-order valence-corrected chi connectivity index (χ1v) is 11.3. The van der Waals surface area contributed by atoms with Gasteiger partial charge in [-0.05, 0) is 63.2 Å². The van der Waals surface area contributed by atoms with Gasteiger partial charge in [0.1, 0.15) is 6.10 Å². The maximum Gasteiger partial charge on any atom is 0.330 e. The second-order valence-corrected chi connectivity index (χ2v) is 8.36. The lowest BCUT2D eigenvalue weighted by atomic mass is 9.96. The quantitative estimate of drug-likeness (QED) is 0.152. The van der Waals surface area contributed by atoms with Gasteiger partial charge in [0.25, 0.3) is 0 Å². The van der Waals surface area contributed by atoms with Crippen LogP contribution in [0.15, 0.2) is 24.3 Å². The third-order valence-electron chi connectivity index (χ3n) is 4.94. The molecule has 162 valence electrons. The SMILES string of the molecule is CC(C)C(OC(=O)/C=C/CC/C=C\CCCCCOC1CCCCO1)C(C)C. The first kappa shape index (κ1) is 24.9. The van der Waals surface area contributed by atoms with E-state index in [0.29, 0.717) is 11.8 Å². The molecule has 1 aliphatic heterocycles. The monoisotopic (exact) mass is 394 g/mol. The number of carbonyl (C=O) groups excluding carboxylic acids is 1. The highest BCUT2D eigenvalue weighted by Crippen LogP contribution is 2.16. The Morgan fingerprint density at radius 2 is 1.68 bits per heavy atom. The van der Waals surface area contributed by atoms with Gasteiger partial charge in [-0.3, -0.25) is 0 Å². The van der Waals surface area contributed by atoms with Crippen LogP contribution in [0.4, 0.5) is 0 Å². The molecule has 1 saturated heterocycles. The van der Waals surface area contributed by atoms with Crippen LogP contribution in [0.2, 0.25) is 0 Å². The summed E-state index contributed by atoms with van der Waals surface area (Å²) in [5.41, 5.74) is 0. The molecule has 1 heterocycles. The minimum atomic E-state index is -0.225. The number of unbranched alkanes of at least 4 members (excludes halogenated alkanes) is 4. The summed E-state index contributed by atoms with van der Waals surface area (Å²) in [6.07, 6.45) is 17.8. The molecule has 1 rings (SSSR count). The van der Waals surface area contributed by atoms with Crippen LogP contribution >= 0.6 is 0 Å². The van der Waals surface area contributed by atoms with Crippen molar-refractivity contribution >= 4 is 5.97 Å². The van der Waals surface area contributed by atoms with Crippen molar-refractivity contribution in [1.29, 1.82) is 0 Å². The topological polar surface area (TPSA) is 44.8 Å². The summed E-state index contributed by atoms with van der Waals surface area (Å²) >= 11 is 0. The first-order valence-electron chi connectivity index (χ1n) is 11.3. The lowest BCUT2D eigenvalue weighted by Crippen LogP contribution is -2.28. The number of ether oxygens (including phenoxy) is 3. The predicted octanol–water partition coefficient (Wildman–Crippen LogP) is 6.21. The summed E-state index contributed by atoms with van der Waals surface area (Å²) < 4.78 is 16.8. The van der Waals surface area contributed by atoms with Crippen molar-refractivity contribution in [3.8, 4) is 0 Å². The van der Waals surface area contributed by atoms with Gasteiger partial charge in [0, 0.05) is 19.3 Å². The average Bonchev–Trinajstić information content (AvgIpc) is 2.67. The lowest BCUT2D eigenvalue weighted by Gasteiger charge is -2.24. The standard InChI is InChI=1S/C24H42O4/c1-20(2)24(21(3)4)28-22(25)16-12-10-8-6-5-7-9-11-14-18-26-23-17-13-15-19-27-23/h5-6,12,16,20-21,23-24H,7-11,13-15,17-19H2,1-4H3/b6-5-,16-12+. The van der Waals surface area contributed by atoms with E-state index in [9.17, 15) is 4.79 Å². The van der Waals surface area contributed by atoms with Gasteiger partial charge in [-0.2, -0.15) is 0 Å².